The lowest BCUT2D eigenvalue weighted by atomic mass is 10.1. The van der Waals surface area contributed by atoms with Crippen molar-refractivity contribution in [2.45, 2.75) is 6.54 Å². The van der Waals surface area contributed by atoms with E-state index in [1.54, 1.807) is 12.1 Å². The Morgan fingerprint density at radius 2 is 1.56 bits per heavy atom. The fourth-order valence-electron chi connectivity index (χ4n) is 3.20. The van der Waals surface area contributed by atoms with Crippen molar-refractivity contribution in [3.8, 4) is 0 Å². The number of aliphatic hydroxyl groups is 1. The molecule has 7 heteroatoms. The van der Waals surface area contributed by atoms with Crippen molar-refractivity contribution in [1.82, 2.24) is 4.57 Å². The molecule has 0 aliphatic rings. The van der Waals surface area contributed by atoms with Crippen molar-refractivity contribution in [1.29, 1.82) is 0 Å². The number of benzene rings is 3. The summed E-state index contributed by atoms with van der Waals surface area (Å²) in [4.78, 5) is 10.3. The van der Waals surface area contributed by atoms with Gasteiger partial charge in [-0.05, 0) is 36.4 Å². The van der Waals surface area contributed by atoms with Crippen molar-refractivity contribution in [3.63, 3.8) is 0 Å². The molecule has 4 rings (SSSR count). The Kier molecular flexibility index (Phi) is 4.35. The number of fused-ring (bicyclic) bond motifs is 3. The number of non-ortho nitro benzene ring substituents is 1. The predicted molar refractivity (Wildman–Crippen MR) is 104 cm³/mol. The lowest BCUT2D eigenvalue weighted by molar-refractivity contribution is -0.384. The molecule has 0 spiro atoms. The molecule has 0 saturated carbocycles. The van der Waals surface area contributed by atoms with Crippen LogP contribution in [0.5, 0.6) is 0 Å². The normalized spacial score (nSPS) is 11.6. The number of hydrogen-bond acceptors (Lipinski definition) is 5. The second kappa shape index (κ2) is 6.97. The molecule has 0 fully saturated rings. The van der Waals surface area contributed by atoms with E-state index < -0.39 is 4.92 Å². The van der Waals surface area contributed by atoms with Crippen LogP contribution in [0.25, 0.3) is 21.8 Å². The fraction of sp³-hybridized carbons (Fsp3) is 0.100. The van der Waals surface area contributed by atoms with Gasteiger partial charge in [0.05, 0.1) is 22.9 Å². The first-order valence-corrected chi connectivity index (χ1v) is 8.45. The third-order valence-electron chi connectivity index (χ3n) is 4.42. The highest BCUT2D eigenvalue weighted by molar-refractivity contribution is 6.08. The molecule has 134 valence electrons. The van der Waals surface area contributed by atoms with E-state index in [0.717, 1.165) is 21.8 Å². The molecule has 0 bridgehead atoms. The number of hydrogen-bond donors (Lipinski definition) is 1. The van der Waals surface area contributed by atoms with E-state index in [4.69, 9.17) is 0 Å². The Morgan fingerprint density at radius 1 is 0.889 bits per heavy atom. The first kappa shape index (κ1) is 16.9. The average Bonchev–Trinajstić information content (AvgIpc) is 3.00. The molecule has 0 amide bonds. The highest BCUT2D eigenvalue weighted by Gasteiger charge is 2.10. The molecule has 7 nitrogen and oxygen atoms in total. The number of nitro benzene ring substituents is 1. The van der Waals surface area contributed by atoms with E-state index in [-0.39, 0.29) is 12.3 Å². The summed E-state index contributed by atoms with van der Waals surface area (Å²) >= 11 is 0. The zero-order valence-electron chi connectivity index (χ0n) is 14.3. The van der Waals surface area contributed by atoms with E-state index in [1.165, 1.54) is 12.1 Å². The van der Waals surface area contributed by atoms with Crippen molar-refractivity contribution < 1.29 is 10.0 Å². The van der Waals surface area contributed by atoms with Gasteiger partial charge in [0.25, 0.3) is 5.69 Å². The first-order chi connectivity index (χ1) is 13.2. The van der Waals surface area contributed by atoms with Gasteiger partial charge >= 0.3 is 0 Å². The summed E-state index contributed by atoms with van der Waals surface area (Å²) in [6.45, 7) is 0.586. The van der Waals surface area contributed by atoms with Crippen LogP contribution >= 0.6 is 0 Å². The molecule has 0 atom stereocenters. The van der Waals surface area contributed by atoms with E-state index >= 15 is 0 Å². The van der Waals surface area contributed by atoms with Gasteiger partial charge in [-0.2, -0.15) is 10.2 Å². The maximum absolute atomic E-state index is 10.7. The summed E-state index contributed by atoms with van der Waals surface area (Å²) in [7, 11) is 0. The molecule has 0 aliphatic carbocycles. The van der Waals surface area contributed by atoms with Gasteiger partial charge < -0.3 is 9.67 Å². The molecule has 0 unspecified atom stereocenters. The zero-order valence-corrected chi connectivity index (χ0v) is 14.3. The van der Waals surface area contributed by atoms with Crippen molar-refractivity contribution in [2.75, 3.05) is 6.61 Å². The third kappa shape index (κ3) is 3.16. The summed E-state index contributed by atoms with van der Waals surface area (Å²) in [6.07, 6.45) is 0. The second-order valence-electron chi connectivity index (χ2n) is 6.07. The van der Waals surface area contributed by atoms with E-state index in [0.29, 0.717) is 17.9 Å². The Balaban J connectivity index is 1.73. The Hall–Kier alpha value is -3.58. The second-order valence-corrected chi connectivity index (χ2v) is 6.07. The molecule has 4 aromatic rings. The first-order valence-electron chi connectivity index (χ1n) is 8.45. The van der Waals surface area contributed by atoms with E-state index in [9.17, 15) is 15.2 Å². The smallest absolute Gasteiger partial charge is 0.269 e. The highest BCUT2D eigenvalue weighted by atomic mass is 16.6. The lowest BCUT2D eigenvalue weighted by Gasteiger charge is -2.04. The number of nitro groups is 1. The number of rotatable bonds is 5. The SMILES string of the molecule is O=[N+]([O-])c1ccc(/N=N\c2ccc3c(c2)c2ccccc2n3CCO)cc1. The largest absolute Gasteiger partial charge is 0.395 e. The Bertz CT molecular complexity index is 1160. The van der Waals surface area contributed by atoms with Crippen LogP contribution in [-0.4, -0.2) is 21.2 Å². The number of aliphatic hydroxyl groups excluding tert-OH is 1. The van der Waals surface area contributed by atoms with Gasteiger partial charge in [-0.1, -0.05) is 18.2 Å². The van der Waals surface area contributed by atoms with E-state index in [2.05, 4.69) is 14.8 Å². The summed E-state index contributed by atoms with van der Waals surface area (Å²) < 4.78 is 2.09. The minimum absolute atomic E-state index is 0.0204. The van der Waals surface area contributed by atoms with Crippen LogP contribution in [0.3, 0.4) is 0 Å². The molecule has 0 aliphatic heterocycles. The van der Waals surface area contributed by atoms with Crippen LogP contribution in [0.2, 0.25) is 0 Å². The van der Waals surface area contributed by atoms with Crippen LogP contribution in [0.4, 0.5) is 17.1 Å². The van der Waals surface area contributed by atoms with Crippen LogP contribution < -0.4 is 0 Å². The van der Waals surface area contributed by atoms with Crippen LogP contribution in [0.1, 0.15) is 0 Å². The molecule has 3 aromatic carbocycles. The molecule has 1 heterocycles. The number of aromatic nitrogens is 1. The van der Waals surface area contributed by atoms with Gasteiger partial charge in [-0.15, -0.1) is 0 Å². The van der Waals surface area contributed by atoms with Crippen molar-refractivity contribution in [3.05, 3.63) is 76.8 Å². The minimum atomic E-state index is -0.447. The van der Waals surface area contributed by atoms with Crippen molar-refractivity contribution >= 4 is 38.9 Å². The minimum Gasteiger partial charge on any atom is -0.395 e. The maximum atomic E-state index is 10.7. The summed E-state index contributed by atoms with van der Waals surface area (Å²) in [5.41, 5.74) is 3.34. The lowest BCUT2D eigenvalue weighted by Crippen LogP contribution is -2.00. The molecule has 0 radical (unpaired) electrons. The molecular weight excluding hydrogens is 344 g/mol. The molecule has 1 aromatic heterocycles. The molecule has 0 saturated heterocycles. The summed E-state index contributed by atoms with van der Waals surface area (Å²) in [5.74, 6) is 0. The standard InChI is InChI=1S/C20H16N4O3/c25-12-11-23-19-4-2-1-3-17(19)18-13-15(7-10-20(18)23)22-21-14-5-8-16(9-6-14)24(26)27/h1-10,13,25H,11-12H2/b22-21-. The van der Waals surface area contributed by atoms with Crippen LogP contribution in [0.15, 0.2) is 77.0 Å². The van der Waals surface area contributed by atoms with Gasteiger partial charge in [0.15, 0.2) is 0 Å². The fourth-order valence-corrected chi connectivity index (χ4v) is 3.20. The van der Waals surface area contributed by atoms with Gasteiger partial charge in [-0.25, -0.2) is 0 Å². The monoisotopic (exact) mass is 360 g/mol. The summed E-state index contributed by atoms with van der Waals surface area (Å²) in [6, 6.07) is 19.8. The van der Waals surface area contributed by atoms with Gasteiger partial charge in [0.2, 0.25) is 0 Å². The predicted octanol–water partition coefficient (Wildman–Crippen LogP) is 5.11. The number of nitrogens with zero attached hydrogens (tertiary/aromatic N) is 4. The quantitative estimate of drug-likeness (QED) is 0.304. The number of para-hydroxylation sites is 1. The van der Waals surface area contributed by atoms with Crippen LogP contribution in [-0.2, 0) is 6.54 Å². The van der Waals surface area contributed by atoms with Crippen LogP contribution in [0, 0.1) is 10.1 Å². The van der Waals surface area contributed by atoms with Crippen molar-refractivity contribution in [2.24, 2.45) is 10.2 Å². The van der Waals surface area contributed by atoms with Gasteiger partial charge in [-0.3, -0.25) is 10.1 Å². The summed E-state index contributed by atoms with van der Waals surface area (Å²) in [5, 5.41) is 30.6. The average molecular weight is 360 g/mol. The maximum Gasteiger partial charge on any atom is 0.269 e. The molecular formula is C20H16N4O3. The number of azo groups is 1. The third-order valence-corrected chi connectivity index (χ3v) is 4.42. The Morgan fingerprint density at radius 3 is 2.30 bits per heavy atom. The topological polar surface area (TPSA) is 93.0 Å². The highest BCUT2D eigenvalue weighted by Crippen LogP contribution is 2.32. The Labute approximate surface area is 154 Å². The van der Waals surface area contributed by atoms with Gasteiger partial charge in [0.1, 0.15) is 0 Å². The molecule has 1 N–H and O–H groups in total. The van der Waals surface area contributed by atoms with Gasteiger partial charge in [0, 0.05) is 40.5 Å². The van der Waals surface area contributed by atoms with E-state index in [1.807, 2.05) is 42.5 Å². The zero-order chi connectivity index (χ0) is 18.8. The molecule has 27 heavy (non-hydrogen) atoms.